The lowest BCUT2D eigenvalue weighted by Crippen LogP contribution is -2.14. The molecule has 4 heteroatoms. The Morgan fingerprint density at radius 2 is 1.89 bits per heavy atom. The Labute approximate surface area is 57.6 Å². The van der Waals surface area contributed by atoms with Gasteiger partial charge < -0.3 is 4.90 Å². The molecule has 0 heterocycles. The molecule has 0 saturated carbocycles. The van der Waals surface area contributed by atoms with Crippen LogP contribution in [0.3, 0.4) is 0 Å². The van der Waals surface area contributed by atoms with Crippen LogP contribution < -0.4 is 0 Å². The highest BCUT2D eigenvalue weighted by Gasteiger charge is 1.90. The monoisotopic (exact) mass is 151 g/mol. The molecule has 0 spiro atoms. The van der Waals surface area contributed by atoms with E-state index in [1.165, 1.54) is 0 Å². The van der Waals surface area contributed by atoms with Gasteiger partial charge in [0.2, 0.25) is 0 Å². The van der Waals surface area contributed by atoms with E-state index in [1.807, 2.05) is 19.0 Å². The highest BCUT2D eigenvalue weighted by atomic mass is 32.2. The number of thiol groups is 1. The Kier molecular flexibility index (Phi) is 4.71. The molecule has 0 bridgehead atoms. The molecule has 0 amide bonds. The van der Waals surface area contributed by atoms with Crippen LogP contribution in [-0.4, -0.2) is 39.7 Å². The Morgan fingerprint density at radius 3 is 2.22 bits per heavy atom. The third-order valence-electron chi connectivity index (χ3n) is 0.946. The number of rotatable bonds is 4. The van der Waals surface area contributed by atoms with Crippen molar-refractivity contribution in [1.29, 1.82) is 0 Å². The second-order valence-electron chi connectivity index (χ2n) is 2.21. The lowest BCUT2D eigenvalue weighted by Gasteiger charge is -2.05. The van der Waals surface area contributed by atoms with Crippen LogP contribution in [0.5, 0.6) is 0 Å². The van der Waals surface area contributed by atoms with Crippen molar-refractivity contribution in [2.75, 3.05) is 26.4 Å². The summed E-state index contributed by atoms with van der Waals surface area (Å²) in [5.74, 6) is 0.313. The third-order valence-corrected chi connectivity index (χ3v) is 1.63. The number of nitrogens with zero attached hydrogens (tertiary/aromatic N) is 1. The molecule has 9 heavy (non-hydrogen) atoms. The summed E-state index contributed by atoms with van der Waals surface area (Å²) in [7, 11) is 1.70. The zero-order valence-electron chi connectivity index (χ0n) is 5.83. The van der Waals surface area contributed by atoms with E-state index >= 15 is 0 Å². The molecular formula is C5H13NO2S. The van der Waals surface area contributed by atoms with Gasteiger partial charge in [0, 0.05) is 5.75 Å². The van der Waals surface area contributed by atoms with Gasteiger partial charge in [0.25, 0.3) is 0 Å². The molecule has 0 aliphatic carbocycles. The fraction of sp³-hybridized carbons (Fsp3) is 1.00. The van der Waals surface area contributed by atoms with Crippen LogP contribution in [0.25, 0.3) is 0 Å². The van der Waals surface area contributed by atoms with Crippen LogP contribution in [0, 0.1) is 0 Å². The minimum Gasteiger partial charge on any atom is -0.309 e. The summed E-state index contributed by atoms with van der Waals surface area (Å²) in [5, 5.41) is 0. The fourth-order valence-corrected chi connectivity index (χ4v) is 0.916. The van der Waals surface area contributed by atoms with Gasteiger partial charge in [-0.25, -0.2) is 8.42 Å². The topological polar surface area (TPSA) is 37.4 Å². The molecule has 0 rings (SSSR count). The van der Waals surface area contributed by atoms with Crippen LogP contribution in [-0.2, 0) is 10.7 Å². The second kappa shape index (κ2) is 4.76. The molecule has 0 aromatic rings. The molecule has 56 valence electrons. The van der Waals surface area contributed by atoms with E-state index in [4.69, 9.17) is 0 Å². The zero-order chi connectivity index (χ0) is 7.28. The maximum atomic E-state index is 10.00. The van der Waals surface area contributed by atoms with Crippen molar-refractivity contribution in [3.8, 4) is 0 Å². The summed E-state index contributed by atoms with van der Waals surface area (Å²) < 4.78 is 20.0. The van der Waals surface area contributed by atoms with Crippen molar-refractivity contribution in [2.45, 2.75) is 6.42 Å². The predicted molar refractivity (Wildman–Crippen MR) is 38.4 cm³/mol. The van der Waals surface area contributed by atoms with Crippen molar-refractivity contribution >= 4 is 10.7 Å². The van der Waals surface area contributed by atoms with E-state index in [0.29, 0.717) is 5.75 Å². The standard InChI is InChI=1S/C5H13NO2S/c1-6(2)4-3-5-9(7)8/h9H,3-5H2,1-2H3. The first-order valence-electron chi connectivity index (χ1n) is 2.89. The van der Waals surface area contributed by atoms with Crippen LogP contribution in [0.2, 0.25) is 0 Å². The van der Waals surface area contributed by atoms with Crippen molar-refractivity contribution in [3.05, 3.63) is 0 Å². The van der Waals surface area contributed by atoms with Gasteiger partial charge in [-0.15, -0.1) is 0 Å². The molecule has 3 nitrogen and oxygen atoms in total. The van der Waals surface area contributed by atoms with Crippen LogP contribution in [0.1, 0.15) is 6.42 Å². The molecule has 0 aliphatic rings. The maximum absolute atomic E-state index is 10.00. The number of hydrogen-bond donors (Lipinski definition) is 1. The second-order valence-corrected chi connectivity index (χ2v) is 3.33. The quantitative estimate of drug-likeness (QED) is 0.553. The molecule has 0 saturated heterocycles. The van der Waals surface area contributed by atoms with Crippen molar-refractivity contribution in [2.24, 2.45) is 0 Å². The molecule has 0 atom stereocenters. The molecule has 0 aliphatic heterocycles. The van der Waals surface area contributed by atoms with Gasteiger partial charge in [-0.3, -0.25) is 0 Å². The van der Waals surface area contributed by atoms with Gasteiger partial charge in [-0.05, 0) is 27.1 Å². The Morgan fingerprint density at radius 1 is 1.33 bits per heavy atom. The maximum Gasteiger partial charge on any atom is 0.140 e. The summed E-state index contributed by atoms with van der Waals surface area (Å²) in [6.07, 6.45) is 0.742. The van der Waals surface area contributed by atoms with Crippen LogP contribution >= 0.6 is 0 Å². The molecule has 0 radical (unpaired) electrons. The van der Waals surface area contributed by atoms with Gasteiger partial charge in [0.1, 0.15) is 10.7 Å². The predicted octanol–water partition coefficient (Wildman–Crippen LogP) is -0.450. The first-order valence-corrected chi connectivity index (χ1v) is 4.25. The Hall–Kier alpha value is -0.0900. The molecule has 0 aromatic carbocycles. The van der Waals surface area contributed by atoms with E-state index < -0.39 is 10.7 Å². The number of hydrogen-bond acceptors (Lipinski definition) is 3. The highest BCUT2D eigenvalue weighted by molar-refractivity contribution is 7.72. The van der Waals surface area contributed by atoms with Crippen molar-refractivity contribution in [3.63, 3.8) is 0 Å². The largest absolute Gasteiger partial charge is 0.309 e. The minimum absolute atomic E-state index is 0.313. The smallest absolute Gasteiger partial charge is 0.140 e. The first-order chi connectivity index (χ1) is 4.13. The highest BCUT2D eigenvalue weighted by Crippen LogP contribution is 1.82. The normalized spacial score (nSPS) is 11.1. The average Bonchev–Trinajstić information content (AvgIpc) is 1.63. The summed E-state index contributed by atoms with van der Waals surface area (Å²) in [6, 6.07) is 0. The van der Waals surface area contributed by atoms with E-state index in [2.05, 4.69) is 0 Å². The van der Waals surface area contributed by atoms with E-state index in [-0.39, 0.29) is 0 Å². The molecule has 0 fully saturated rings. The SMILES string of the molecule is CN(C)CCC[SH](=O)=O. The molecule has 0 unspecified atom stereocenters. The summed E-state index contributed by atoms with van der Waals surface area (Å²) in [5.41, 5.74) is 0. The van der Waals surface area contributed by atoms with Gasteiger partial charge in [-0.2, -0.15) is 0 Å². The van der Waals surface area contributed by atoms with Crippen LogP contribution in [0.15, 0.2) is 0 Å². The third kappa shape index (κ3) is 7.91. The Bertz CT molecular complexity index is 123. The minimum atomic E-state index is -2.16. The van der Waals surface area contributed by atoms with Crippen molar-refractivity contribution < 1.29 is 8.42 Å². The lowest BCUT2D eigenvalue weighted by atomic mass is 10.5. The summed E-state index contributed by atoms with van der Waals surface area (Å²) in [6.45, 7) is 0.851. The van der Waals surface area contributed by atoms with Gasteiger partial charge in [-0.1, -0.05) is 0 Å². The zero-order valence-corrected chi connectivity index (χ0v) is 6.73. The summed E-state index contributed by atoms with van der Waals surface area (Å²) in [4.78, 5) is 1.97. The lowest BCUT2D eigenvalue weighted by molar-refractivity contribution is 0.409. The Balaban J connectivity index is 3.10. The van der Waals surface area contributed by atoms with Crippen molar-refractivity contribution in [1.82, 2.24) is 4.90 Å². The van der Waals surface area contributed by atoms with Gasteiger partial charge >= 0.3 is 0 Å². The molecular weight excluding hydrogens is 138 g/mol. The molecule has 0 aromatic heterocycles. The van der Waals surface area contributed by atoms with E-state index in [1.54, 1.807) is 0 Å². The molecule has 0 N–H and O–H groups in total. The van der Waals surface area contributed by atoms with E-state index in [0.717, 1.165) is 13.0 Å². The van der Waals surface area contributed by atoms with Gasteiger partial charge in [0.15, 0.2) is 0 Å². The van der Waals surface area contributed by atoms with E-state index in [9.17, 15) is 8.42 Å². The van der Waals surface area contributed by atoms with Gasteiger partial charge in [0.05, 0.1) is 0 Å². The fourth-order valence-electron chi connectivity index (χ4n) is 0.516. The average molecular weight is 151 g/mol. The summed E-state index contributed by atoms with van der Waals surface area (Å²) >= 11 is 0. The first kappa shape index (κ1) is 8.91. The van der Waals surface area contributed by atoms with Crippen LogP contribution in [0.4, 0.5) is 0 Å².